The van der Waals surface area contributed by atoms with Gasteiger partial charge in [0.2, 0.25) is 0 Å². The van der Waals surface area contributed by atoms with Gasteiger partial charge in [0.05, 0.1) is 0 Å². The number of alkyl halides is 15. The van der Waals surface area contributed by atoms with Crippen LogP contribution in [0.3, 0.4) is 0 Å². The van der Waals surface area contributed by atoms with Crippen molar-refractivity contribution in [2.75, 3.05) is 0 Å². The molecule has 0 heterocycles. The van der Waals surface area contributed by atoms with Crippen LogP contribution in [-0.4, -0.2) is 43.0 Å². The molecule has 0 aromatic carbocycles. The molecule has 0 aromatic rings. The zero-order valence-electron chi connectivity index (χ0n) is 9.87. The van der Waals surface area contributed by atoms with E-state index in [0.29, 0.717) is 0 Å². The van der Waals surface area contributed by atoms with E-state index in [1.807, 2.05) is 0 Å². The number of rotatable bonds is 3. The molecule has 0 radical (unpaired) electrons. The average molecular weight is 639 g/mol. The Balaban J connectivity index is 7.41. The first-order chi connectivity index (χ1) is 9.82. The zero-order valence-corrected chi connectivity index (χ0v) is 15.6. The Hall–Kier alpha value is 0.728. The molecule has 0 amide bonds. The molecule has 0 rings (SSSR count). The molecule has 0 nitrogen and oxygen atoms in total. The normalized spacial score (nSPS) is 18.3. The Morgan fingerprint density at radius 2 is 0.500 bits per heavy atom. The van der Waals surface area contributed by atoms with Gasteiger partial charge in [0.25, 0.3) is 0 Å². The summed E-state index contributed by atoms with van der Waals surface area (Å²) in [4.78, 5) is 0. The Morgan fingerprint density at radius 1 is 0.375 bits per heavy atom. The SMILES string of the molecule is FC(F)(F)[C](F)(F)[Sb]([Br])([Br])([C](F)(F)C(F)(F)F)[C](F)(F)C(F)(F)F. The Bertz CT molecular complexity index is 424. The van der Waals surface area contributed by atoms with Crippen molar-refractivity contribution in [2.24, 2.45) is 0 Å². The van der Waals surface area contributed by atoms with Crippen molar-refractivity contribution in [1.29, 1.82) is 0 Å². The van der Waals surface area contributed by atoms with E-state index in [-0.39, 0.29) is 25.2 Å². The first-order valence-electron chi connectivity index (χ1n) is 4.59. The molecular weight excluding hydrogens is 639 g/mol. The van der Waals surface area contributed by atoms with Crippen LogP contribution in [-0.2, 0) is 0 Å². The van der Waals surface area contributed by atoms with Gasteiger partial charge < -0.3 is 0 Å². The number of hydrogen-bond donors (Lipinski definition) is 0. The first-order valence-corrected chi connectivity index (χ1v) is 19.9. The van der Waals surface area contributed by atoms with Gasteiger partial charge in [-0.2, -0.15) is 0 Å². The van der Waals surface area contributed by atoms with Crippen molar-refractivity contribution < 1.29 is 65.9 Å². The Kier molecular flexibility index (Phi) is 5.78. The van der Waals surface area contributed by atoms with E-state index in [0.717, 1.165) is 0 Å². The summed E-state index contributed by atoms with van der Waals surface area (Å²) >= 11 is -10.6. The molecule has 0 saturated carbocycles. The van der Waals surface area contributed by atoms with E-state index in [9.17, 15) is 65.9 Å². The maximum atomic E-state index is 13.3. The Labute approximate surface area is 134 Å². The molecule has 0 aliphatic rings. The molecule has 18 heteroatoms. The van der Waals surface area contributed by atoms with Crippen molar-refractivity contribution in [1.82, 2.24) is 0 Å². The molecule has 0 saturated heterocycles. The van der Waals surface area contributed by atoms with Gasteiger partial charge in [-0.1, -0.05) is 0 Å². The fourth-order valence-electron chi connectivity index (χ4n) is 1.20. The molecule has 0 aromatic heterocycles. The predicted molar refractivity (Wildman–Crippen MR) is 56.6 cm³/mol. The molecule has 148 valence electrons. The van der Waals surface area contributed by atoms with Gasteiger partial charge in [-0.05, 0) is 0 Å². The van der Waals surface area contributed by atoms with Gasteiger partial charge in [-0.15, -0.1) is 0 Å². The zero-order chi connectivity index (χ0) is 20.4. The van der Waals surface area contributed by atoms with Crippen LogP contribution in [0.4, 0.5) is 65.9 Å². The predicted octanol–water partition coefficient (Wildman–Crippen LogP) is 6.38. The number of hydrogen-bond acceptors (Lipinski definition) is 0. The summed E-state index contributed by atoms with van der Waals surface area (Å²) in [7, 11) is 0. The van der Waals surface area contributed by atoms with Crippen LogP contribution in [0.15, 0.2) is 0 Å². The Morgan fingerprint density at radius 3 is 0.583 bits per heavy atom. The third kappa shape index (κ3) is 2.64. The van der Waals surface area contributed by atoms with Crippen molar-refractivity contribution >= 4 is 38.1 Å². The van der Waals surface area contributed by atoms with Gasteiger partial charge in [0.1, 0.15) is 0 Å². The summed E-state index contributed by atoms with van der Waals surface area (Å²) in [5.41, 5.74) is 0. The molecule has 0 bridgehead atoms. The molecule has 0 fully saturated rings. The molecular formula is C6Br2F15Sb. The summed E-state index contributed by atoms with van der Waals surface area (Å²) in [5, 5.41) is 0. The molecule has 0 aliphatic heterocycles. The molecule has 0 N–H and O–H groups in total. The van der Waals surface area contributed by atoms with Gasteiger partial charge in [0, 0.05) is 0 Å². The van der Waals surface area contributed by atoms with Crippen molar-refractivity contribution in [3.05, 3.63) is 0 Å². The maximum absolute atomic E-state index is 13.3. The van der Waals surface area contributed by atoms with Gasteiger partial charge in [0.15, 0.2) is 0 Å². The molecule has 0 aliphatic carbocycles. The van der Waals surface area contributed by atoms with E-state index in [1.165, 1.54) is 0 Å². The van der Waals surface area contributed by atoms with Gasteiger partial charge >= 0.3 is 134 Å². The van der Waals surface area contributed by atoms with Crippen molar-refractivity contribution in [2.45, 2.75) is 30.1 Å². The van der Waals surface area contributed by atoms with Crippen LogP contribution in [0, 0.1) is 0 Å². The second-order valence-electron chi connectivity index (χ2n) is 4.02. The average Bonchev–Trinajstić information content (AvgIpc) is 2.23. The molecule has 0 unspecified atom stereocenters. The van der Waals surface area contributed by atoms with Crippen LogP contribution in [0.2, 0.25) is 0 Å². The summed E-state index contributed by atoms with van der Waals surface area (Å²) in [6.45, 7) is 0. The minimum absolute atomic E-state index is 0.270. The third-order valence-corrected chi connectivity index (χ3v) is 31.0. The van der Waals surface area contributed by atoms with Crippen LogP contribution in [0.25, 0.3) is 0 Å². The summed E-state index contributed by atoms with van der Waals surface area (Å²) in [5.74, 6) is 0. The van der Waals surface area contributed by atoms with E-state index in [4.69, 9.17) is 0 Å². The van der Waals surface area contributed by atoms with Crippen LogP contribution < -0.4 is 0 Å². The molecule has 0 spiro atoms. The van der Waals surface area contributed by atoms with Crippen molar-refractivity contribution in [3.8, 4) is 0 Å². The van der Waals surface area contributed by atoms with Crippen molar-refractivity contribution in [3.63, 3.8) is 0 Å². The summed E-state index contributed by atoms with van der Waals surface area (Å²) < 4.78 is 167. The first kappa shape index (κ1) is 24.7. The standard InChI is InChI=1S/3C2F5.2BrH.Sb/c3*3-1(4)2(5,6)7;;;/h;;;2*1H;/q;;;;;+2/p-2. The van der Waals surface area contributed by atoms with Crippen LogP contribution in [0.1, 0.15) is 0 Å². The quantitative estimate of drug-likeness (QED) is 0.249. The second kappa shape index (κ2) is 5.61. The molecule has 0 atom stereocenters. The third-order valence-electron chi connectivity index (χ3n) is 2.50. The van der Waals surface area contributed by atoms with Gasteiger partial charge in [-0.3, -0.25) is 0 Å². The number of halogens is 17. The van der Waals surface area contributed by atoms with Gasteiger partial charge in [-0.25, -0.2) is 0 Å². The summed E-state index contributed by atoms with van der Waals surface area (Å²) in [6.07, 6.45) is -22.8. The second-order valence-corrected chi connectivity index (χ2v) is 39.4. The fraction of sp³-hybridized carbons (Fsp3) is 1.00. The van der Waals surface area contributed by atoms with E-state index in [2.05, 4.69) is 0 Å². The fourth-order valence-corrected chi connectivity index (χ4v) is 16.1. The molecule has 24 heavy (non-hydrogen) atoms. The van der Waals surface area contributed by atoms with Crippen LogP contribution >= 0.6 is 25.2 Å². The summed E-state index contributed by atoms with van der Waals surface area (Å²) in [6, 6.07) is 0. The topological polar surface area (TPSA) is 0 Å². The van der Waals surface area contributed by atoms with E-state index < -0.39 is 43.0 Å². The van der Waals surface area contributed by atoms with E-state index in [1.54, 1.807) is 0 Å². The minimum atomic E-state index is -11.2. The monoisotopic (exact) mass is 636 g/mol. The van der Waals surface area contributed by atoms with Crippen LogP contribution in [0.5, 0.6) is 0 Å². The van der Waals surface area contributed by atoms with E-state index >= 15 is 0 Å².